The predicted molar refractivity (Wildman–Crippen MR) is 181 cm³/mol. The summed E-state index contributed by atoms with van der Waals surface area (Å²) < 4.78 is 1.57. The van der Waals surface area contributed by atoms with Crippen molar-refractivity contribution in [1.82, 2.24) is 25.3 Å². The van der Waals surface area contributed by atoms with E-state index < -0.39 is 12.0 Å². The molecule has 3 aromatic rings. The number of aromatic nitrogens is 2. The summed E-state index contributed by atoms with van der Waals surface area (Å²) in [6.45, 7) is 3.60. The maximum Gasteiger partial charge on any atom is 0.245 e. The molecule has 1 aliphatic carbocycles. The Bertz CT molecular complexity index is 1500. The molecule has 0 radical (unpaired) electrons. The van der Waals surface area contributed by atoms with Gasteiger partial charge in [0.1, 0.15) is 17.8 Å². The zero-order chi connectivity index (χ0) is 33.2. The number of hydrogen-bond acceptors (Lipinski definition) is 6. The van der Waals surface area contributed by atoms with E-state index >= 15 is 0 Å². The zero-order valence-electron chi connectivity index (χ0n) is 27.4. The Morgan fingerprint density at radius 1 is 0.915 bits per heavy atom. The van der Waals surface area contributed by atoms with Gasteiger partial charge in [0.2, 0.25) is 23.6 Å². The molecule has 11 heteroatoms. The highest BCUT2D eigenvalue weighted by Crippen LogP contribution is 2.32. The molecular weight excluding hydrogens is 594 g/mol. The summed E-state index contributed by atoms with van der Waals surface area (Å²) in [5.41, 5.74) is 2.63. The number of rotatable bonds is 12. The monoisotopic (exact) mass is 641 g/mol. The Morgan fingerprint density at radius 3 is 2.32 bits per heavy atom. The second-order valence-electron chi connectivity index (χ2n) is 12.7. The standard InChI is InChI=1S/C36H47N7O4/c1-3-32(44)40-30(36(47)43-21-20-37-29(24-43)22-25-10-6-4-7-11-25)23-26-14-16-28(17-15-26)39-34(45)33(27-12-8-5-9-13-27)35(46)41-31-18-19-38-42(31)2/h4,6-7,10-11,14-19,27,29-30,33,37H,3,5,8-9,12-13,20-24H2,1-2H3,(H,39,45)(H,40,44)(H,41,46)/t29-,30-,33+/m1/s1. The number of benzene rings is 2. The number of hydrogen-bond donors (Lipinski definition) is 4. The molecule has 4 amide bonds. The third kappa shape index (κ3) is 9.28. The minimum absolute atomic E-state index is 0.0394. The number of aryl methyl sites for hydroxylation is 1. The van der Waals surface area contributed by atoms with E-state index in [0.29, 0.717) is 37.6 Å². The summed E-state index contributed by atoms with van der Waals surface area (Å²) in [6.07, 6.45) is 7.79. The Kier molecular flexibility index (Phi) is 11.8. The number of carbonyl (C=O) groups is 4. The van der Waals surface area contributed by atoms with Gasteiger partial charge in [-0.05, 0) is 48.4 Å². The fraction of sp³-hybridized carbons (Fsp3) is 0.472. The fourth-order valence-corrected chi connectivity index (χ4v) is 6.67. The maximum atomic E-state index is 13.8. The molecule has 2 heterocycles. The van der Waals surface area contributed by atoms with Gasteiger partial charge in [-0.1, -0.05) is 68.7 Å². The topological polar surface area (TPSA) is 137 Å². The molecule has 1 saturated carbocycles. The molecule has 1 aromatic heterocycles. The minimum atomic E-state index is -0.833. The summed E-state index contributed by atoms with van der Waals surface area (Å²) in [5.74, 6) is -1.28. The van der Waals surface area contributed by atoms with Crippen molar-refractivity contribution in [2.75, 3.05) is 30.3 Å². The lowest BCUT2D eigenvalue weighted by molar-refractivity contribution is -0.137. The van der Waals surface area contributed by atoms with Gasteiger partial charge in [-0.15, -0.1) is 0 Å². The SMILES string of the molecule is CCC(=O)N[C@H](Cc1ccc(NC(=O)[C@@H](C(=O)Nc2ccnn2C)C2CCCCC2)cc1)C(=O)N1CCN[C@H](Cc2ccccc2)C1. The van der Waals surface area contributed by atoms with Crippen molar-refractivity contribution in [3.63, 3.8) is 0 Å². The van der Waals surface area contributed by atoms with Crippen LogP contribution in [0.3, 0.4) is 0 Å². The quantitative estimate of drug-likeness (QED) is 0.223. The predicted octanol–water partition coefficient (Wildman–Crippen LogP) is 3.67. The van der Waals surface area contributed by atoms with Crippen LogP contribution in [0.5, 0.6) is 0 Å². The summed E-state index contributed by atoms with van der Waals surface area (Å²) in [7, 11) is 1.74. The molecule has 0 unspecified atom stereocenters. The first-order valence-electron chi connectivity index (χ1n) is 16.8. The summed E-state index contributed by atoms with van der Waals surface area (Å²) in [4.78, 5) is 55.1. The van der Waals surface area contributed by atoms with Crippen molar-refractivity contribution in [3.8, 4) is 0 Å². The van der Waals surface area contributed by atoms with E-state index in [1.807, 2.05) is 35.2 Å². The van der Waals surface area contributed by atoms with Crippen LogP contribution < -0.4 is 21.3 Å². The van der Waals surface area contributed by atoms with Crippen molar-refractivity contribution >= 4 is 35.1 Å². The van der Waals surface area contributed by atoms with Crippen LogP contribution in [0.1, 0.15) is 56.6 Å². The first-order chi connectivity index (χ1) is 22.8. The van der Waals surface area contributed by atoms with Crippen molar-refractivity contribution in [2.24, 2.45) is 18.9 Å². The van der Waals surface area contributed by atoms with E-state index in [1.165, 1.54) is 5.56 Å². The maximum absolute atomic E-state index is 13.8. The molecule has 2 fully saturated rings. The number of nitrogens with one attached hydrogen (secondary N) is 4. The number of anilines is 2. The van der Waals surface area contributed by atoms with Crippen LogP contribution in [0.15, 0.2) is 66.9 Å². The molecule has 2 aromatic carbocycles. The summed E-state index contributed by atoms with van der Waals surface area (Å²) in [6, 6.07) is 18.6. The van der Waals surface area contributed by atoms with Crippen LogP contribution in [0, 0.1) is 11.8 Å². The molecule has 0 bridgehead atoms. The third-order valence-electron chi connectivity index (χ3n) is 9.27. The molecule has 11 nitrogen and oxygen atoms in total. The van der Waals surface area contributed by atoms with Crippen molar-refractivity contribution in [1.29, 1.82) is 0 Å². The molecule has 4 N–H and O–H groups in total. The number of amides is 4. The van der Waals surface area contributed by atoms with E-state index in [4.69, 9.17) is 0 Å². The van der Waals surface area contributed by atoms with Crippen LogP contribution >= 0.6 is 0 Å². The normalized spacial score (nSPS) is 18.2. The first-order valence-corrected chi connectivity index (χ1v) is 16.8. The summed E-state index contributed by atoms with van der Waals surface area (Å²) in [5, 5.41) is 16.4. The molecule has 3 atom stereocenters. The molecule has 47 heavy (non-hydrogen) atoms. The van der Waals surface area contributed by atoms with E-state index in [1.54, 1.807) is 43.0 Å². The Hall–Kier alpha value is -4.51. The number of carbonyl (C=O) groups excluding carboxylic acids is 4. The van der Waals surface area contributed by atoms with E-state index in [-0.39, 0.29) is 42.0 Å². The van der Waals surface area contributed by atoms with Gasteiger partial charge in [0, 0.05) is 57.3 Å². The molecule has 1 saturated heterocycles. The second-order valence-corrected chi connectivity index (χ2v) is 12.7. The van der Waals surface area contributed by atoms with Gasteiger partial charge in [0.25, 0.3) is 0 Å². The Morgan fingerprint density at radius 2 is 1.64 bits per heavy atom. The molecule has 250 valence electrons. The lowest BCUT2D eigenvalue weighted by atomic mass is 9.79. The van der Waals surface area contributed by atoms with E-state index in [2.05, 4.69) is 38.5 Å². The first kappa shape index (κ1) is 33.8. The van der Waals surface area contributed by atoms with Crippen molar-refractivity contribution < 1.29 is 19.2 Å². The lowest BCUT2D eigenvalue weighted by Crippen LogP contribution is -2.58. The largest absolute Gasteiger partial charge is 0.344 e. The second kappa shape index (κ2) is 16.4. The van der Waals surface area contributed by atoms with Gasteiger partial charge in [0.05, 0.1) is 6.20 Å². The van der Waals surface area contributed by atoms with Gasteiger partial charge in [0.15, 0.2) is 0 Å². The highest BCUT2D eigenvalue weighted by Gasteiger charge is 2.36. The molecule has 2 aliphatic rings. The van der Waals surface area contributed by atoms with Crippen LogP contribution in [0.25, 0.3) is 0 Å². The van der Waals surface area contributed by atoms with Gasteiger partial charge >= 0.3 is 0 Å². The van der Waals surface area contributed by atoms with E-state index in [9.17, 15) is 19.2 Å². The fourth-order valence-electron chi connectivity index (χ4n) is 6.67. The average Bonchev–Trinajstić information content (AvgIpc) is 3.49. The van der Waals surface area contributed by atoms with Crippen LogP contribution in [-0.4, -0.2) is 70.0 Å². The van der Waals surface area contributed by atoms with Crippen LogP contribution in [0.4, 0.5) is 11.5 Å². The smallest absolute Gasteiger partial charge is 0.245 e. The number of piperazine rings is 1. The Balaban J connectivity index is 1.24. The van der Waals surface area contributed by atoms with Gasteiger partial charge in [-0.25, -0.2) is 0 Å². The molecule has 0 spiro atoms. The third-order valence-corrected chi connectivity index (χ3v) is 9.27. The van der Waals surface area contributed by atoms with Gasteiger partial charge < -0.3 is 26.2 Å². The van der Waals surface area contributed by atoms with Crippen LogP contribution in [-0.2, 0) is 39.1 Å². The van der Waals surface area contributed by atoms with Crippen molar-refractivity contribution in [3.05, 3.63) is 78.0 Å². The van der Waals surface area contributed by atoms with E-state index in [0.717, 1.165) is 44.1 Å². The highest BCUT2D eigenvalue weighted by atomic mass is 16.2. The molecule has 1 aliphatic heterocycles. The van der Waals surface area contributed by atoms with Gasteiger partial charge in [-0.2, -0.15) is 5.10 Å². The van der Waals surface area contributed by atoms with Gasteiger partial charge in [-0.3, -0.25) is 23.9 Å². The lowest BCUT2D eigenvalue weighted by Gasteiger charge is -2.36. The number of nitrogens with zero attached hydrogens (tertiary/aromatic N) is 3. The van der Waals surface area contributed by atoms with Crippen molar-refractivity contribution in [2.45, 2.75) is 70.4 Å². The summed E-state index contributed by atoms with van der Waals surface area (Å²) >= 11 is 0. The zero-order valence-corrected chi connectivity index (χ0v) is 27.4. The highest BCUT2D eigenvalue weighted by molar-refractivity contribution is 6.10. The molecule has 5 rings (SSSR count). The van der Waals surface area contributed by atoms with Crippen LogP contribution in [0.2, 0.25) is 0 Å². The minimum Gasteiger partial charge on any atom is -0.344 e. The average molecular weight is 642 g/mol. The molecular formula is C36H47N7O4. The Labute approximate surface area is 276 Å².